The first-order chi connectivity index (χ1) is 9.97. The van der Waals surface area contributed by atoms with Gasteiger partial charge >= 0.3 is 0 Å². The molecular weight excluding hydrogens is 304 g/mol. The molecule has 0 aliphatic rings. The third-order valence-corrected chi connectivity index (χ3v) is 4.95. The molecule has 0 aliphatic carbocycles. The molecule has 2 heterocycles. The minimum atomic E-state index is -0.520. The fourth-order valence-corrected chi connectivity index (χ4v) is 3.68. The molecule has 0 saturated carbocycles. The largest absolute Gasteiger partial charge is 0.392 e. The van der Waals surface area contributed by atoms with E-state index in [0.29, 0.717) is 6.54 Å². The van der Waals surface area contributed by atoms with Crippen LogP contribution in [0.5, 0.6) is 0 Å². The van der Waals surface area contributed by atoms with E-state index in [1.54, 1.807) is 34.5 Å². The molecule has 0 saturated heterocycles. The number of thiazole rings is 1. The lowest BCUT2D eigenvalue weighted by Gasteiger charge is -2.27. The van der Waals surface area contributed by atoms with Crippen LogP contribution >= 0.6 is 22.7 Å². The van der Waals surface area contributed by atoms with E-state index in [4.69, 9.17) is 0 Å². The average molecular weight is 324 g/mol. The van der Waals surface area contributed by atoms with E-state index < -0.39 is 6.10 Å². The Hall–Kier alpha value is -1.24. The van der Waals surface area contributed by atoms with Gasteiger partial charge in [-0.3, -0.25) is 4.79 Å². The van der Waals surface area contributed by atoms with Gasteiger partial charge in [-0.1, -0.05) is 6.07 Å². The Morgan fingerprint density at radius 3 is 2.71 bits per heavy atom. The molecule has 0 radical (unpaired) electrons. The van der Waals surface area contributed by atoms with Crippen molar-refractivity contribution in [2.24, 2.45) is 0 Å². The molecule has 1 unspecified atom stereocenters. The Labute approximate surface area is 133 Å². The second kappa shape index (κ2) is 7.15. The third kappa shape index (κ3) is 4.36. The standard InChI is InChI=1S/C15H20N2O2S2/c1-10(2)17(8-11(3)18)14(19)7-12-9-21-15(16-12)13-5-4-6-20-13/h4-6,9-11,18H,7-8H2,1-3H3. The second-order valence-electron chi connectivity index (χ2n) is 5.29. The summed E-state index contributed by atoms with van der Waals surface area (Å²) in [4.78, 5) is 19.7. The predicted octanol–water partition coefficient (Wildman–Crippen LogP) is 3.03. The van der Waals surface area contributed by atoms with Crippen molar-refractivity contribution < 1.29 is 9.90 Å². The summed E-state index contributed by atoms with van der Waals surface area (Å²) in [5, 5.41) is 14.4. The molecule has 2 aromatic heterocycles. The van der Waals surface area contributed by atoms with E-state index in [2.05, 4.69) is 4.98 Å². The number of carbonyl (C=O) groups is 1. The van der Waals surface area contributed by atoms with Gasteiger partial charge in [0.2, 0.25) is 5.91 Å². The maximum Gasteiger partial charge on any atom is 0.228 e. The van der Waals surface area contributed by atoms with Crippen molar-refractivity contribution in [2.45, 2.75) is 39.3 Å². The lowest BCUT2D eigenvalue weighted by atomic mass is 10.2. The Bertz CT molecular complexity index is 576. The molecule has 0 bridgehead atoms. The quantitative estimate of drug-likeness (QED) is 0.888. The number of amides is 1. The van der Waals surface area contributed by atoms with Crippen molar-refractivity contribution >= 4 is 28.6 Å². The summed E-state index contributed by atoms with van der Waals surface area (Å²) in [5.74, 6) is 0.00827. The lowest BCUT2D eigenvalue weighted by Crippen LogP contribution is -2.42. The van der Waals surface area contributed by atoms with E-state index in [1.807, 2.05) is 36.7 Å². The van der Waals surface area contributed by atoms with Gasteiger partial charge in [0.25, 0.3) is 0 Å². The first-order valence-corrected chi connectivity index (χ1v) is 8.69. The summed E-state index contributed by atoms with van der Waals surface area (Å²) in [6.45, 7) is 5.97. The molecule has 2 aromatic rings. The van der Waals surface area contributed by atoms with Gasteiger partial charge in [-0.15, -0.1) is 22.7 Å². The SMILES string of the molecule is CC(O)CN(C(=O)Cc1csc(-c2cccs2)n1)C(C)C. The van der Waals surface area contributed by atoms with Crippen molar-refractivity contribution in [1.29, 1.82) is 0 Å². The van der Waals surface area contributed by atoms with Crippen LogP contribution in [0.15, 0.2) is 22.9 Å². The highest BCUT2D eigenvalue weighted by Gasteiger charge is 2.20. The van der Waals surface area contributed by atoms with Crippen LogP contribution in [0, 0.1) is 0 Å². The van der Waals surface area contributed by atoms with Crippen LogP contribution in [0.2, 0.25) is 0 Å². The van der Waals surface area contributed by atoms with E-state index in [-0.39, 0.29) is 18.4 Å². The molecule has 1 amide bonds. The number of aliphatic hydroxyl groups is 1. The number of aromatic nitrogens is 1. The summed E-state index contributed by atoms with van der Waals surface area (Å²) in [7, 11) is 0. The van der Waals surface area contributed by atoms with Crippen LogP contribution in [0.3, 0.4) is 0 Å². The minimum absolute atomic E-state index is 0.00827. The number of hydrogen-bond acceptors (Lipinski definition) is 5. The zero-order chi connectivity index (χ0) is 15.4. The molecule has 0 fully saturated rings. The monoisotopic (exact) mass is 324 g/mol. The van der Waals surface area contributed by atoms with Gasteiger partial charge in [0.1, 0.15) is 5.01 Å². The third-order valence-electron chi connectivity index (χ3n) is 3.02. The lowest BCUT2D eigenvalue weighted by molar-refractivity contribution is -0.133. The molecule has 0 aromatic carbocycles. The summed E-state index contributed by atoms with van der Waals surface area (Å²) >= 11 is 3.21. The van der Waals surface area contributed by atoms with Crippen molar-refractivity contribution in [3.63, 3.8) is 0 Å². The van der Waals surface area contributed by atoms with Crippen molar-refractivity contribution in [2.75, 3.05) is 6.54 Å². The Balaban J connectivity index is 2.05. The van der Waals surface area contributed by atoms with Gasteiger partial charge in [-0.2, -0.15) is 0 Å². The number of hydrogen-bond donors (Lipinski definition) is 1. The number of nitrogens with zero attached hydrogens (tertiary/aromatic N) is 2. The molecule has 1 atom stereocenters. The van der Waals surface area contributed by atoms with Gasteiger partial charge < -0.3 is 10.0 Å². The van der Waals surface area contributed by atoms with Crippen LogP contribution in [0.1, 0.15) is 26.5 Å². The molecule has 21 heavy (non-hydrogen) atoms. The van der Waals surface area contributed by atoms with Gasteiger partial charge in [0.05, 0.1) is 23.1 Å². The van der Waals surface area contributed by atoms with E-state index in [1.165, 1.54) is 0 Å². The molecule has 114 valence electrons. The summed E-state index contributed by atoms with van der Waals surface area (Å²) in [5.41, 5.74) is 0.796. The smallest absolute Gasteiger partial charge is 0.228 e. The molecule has 2 rings (SSSR count). The van der Waals surface area contributed by atoms with E-state index in [9.17, 15) is 9.90 Å². The van der Waals surface area contributed by atoms with Crippen LogP contribution in [0.25, 0.3) is 9.88 Å². The Morgan fingerprint density at radius 2 is 2.14 bits per heavy atom. The normalized spacial score (nSPS) is 12.6. The van der Waals surface area contributed by atoms with E-state index >= 15 is 0 Å². The zero-order valence-corrected chi connectivity index (χ0v) is 14.1. The van der Waals surface area contributed by atoms with Crippen LogP contribution in [0.4, 0.5) is 0 Å². The van der Waals surface area contributed by atoms with E-state index in [0.717, 1.165) is 15.6 Å². The maximum atomic E-state index is 12.4. The van der Waals surface area contributed by atoms with Crippen LogP contribution in [-0.2, 0) is 11.2 Å². The highest BCUT2D eigenvalue weighted by molar-refractivity contribution is 7.20. The van der Waals surface area contributed by atoms with Crippen molar-refractivity contribution in [3.8, 4) is 9.88 Å². The Kier molecular flexibility index (Phi) is 5.50. The molecular formula is C15H20N2O2S2. The Morgan fingerprint density at radius 1 is 1.38 bits per heavy atom. The molecule has 4 nitrogen and oxygen atoms in total. The summed E-state index contributed by atoms with van der Waals surface area (Å²) in [6, 6.07) is 4.10. The van der Waals surface area contributed by atoms with Gasteiger partial charge in [-0.05, 0) is 32.2 Å². The summed E-state index contributed by atoms with van der Waals surface area (Å²) in [6.07, 6.45) is -0.235. The maximum absolute atomic E-state index is 12.4. The van der Waals surface area contributed by atoms with Crippen LogP contribution in [-0.4, -0.2) is 39.6 Å². The van der Waals surface area contributed by atoms with Gasteiger partial charge in [0, 0.05) is 18.0 Å². The molecule has 6 heteroatoms. The average Bonchev–Trinajstić information content (AvgIpc) is 3.05. The molecule has 1 N–H and O–H groups in total. The first-order valence-electron chi connectivity index (χ1n) is 6.93. The fourth-order valence-electron chi connectivity index (χ4n) is 2.04. The zero-order valence-electron chi connectivity index (χ0n) is 12.4. The highest BCUT2D eigenvalue weighted by atomic mass is 32.1. The summed E-state index contributed by atoms with van der Waals surface area (Å²) < 4.78 is 0. The number of carbonyl (C=O) groups excluding carboxylic acids is 1. The minimum Gasteiger partial charge on any atom is -0.392 e. The fraction of sp³-hybridized carbons (Fsp3) is 0.467. The number of aliphatic hydroxyl groups excluding tert-OH is 1. The molecule has 0 aliphatic heterocycles. The predicted molar refractivity (Wildman–Crippen MR) is 87.7 cm³/mol. The number of thiophene rings is 1. The van der Waals surface area contributed by atoms with Crippen molar-refractivity contribution in [1.82, 2.24) is 9.88 Å². The topological polar surface area (TPSA) is 53.4 Å². The molecule has 0 spiro atoms. The van der Waals surface area contributed by atoms with Crippen LogP contribution < -0.4 is 0 Å². The first kappa shape index (κ1) is 16.1. The van der Waals surface area contributed by atoms with Gasteiger partial charge in [0.15, 0.2) is 0 Å². The van der Waals surface area contributed by atoms with Crippen molar-refractivity contribution in [3.05, 3.63) is 28.6 Å². The van der Waals surface area contributed by atoms with Gasteiger partial charge in [-0.25, -0.2) is 4.98 Å². The highest BCUT2D eigenvalue weighted by Crippen LogP contribution is 2.28. The second-order valence-corrected chi connectivity index (χ2v) is 7.09. The number of rotatable bonds is 6.